The molecule has 0 spiro atoms. The van der Waals surface area contributed by atoms with Crippen LogP contribution in [0.3, 0.4) is 0 Å². The Kier molecular flexibility index (Phi) is 5.37. The fourth-order valence-electron chi connectivity index (χ4n) is 3.77. The van der Waals surface area contributed by atoms with Gasteiger partial charge >= 0.3 is 0 Å². The fourth-order valence-corrected chi connectivity index (χ4v) is 3.77. The zero-order chi connectivity index (χ0) is 20.2. The molecule has 0 amide bonds. The van der Waals surface area contributed by atoms with E-state index in [0.717, 1.165) is 24.5 Å². The SMILES string of the molecule is CC1CN(c2ncnc(-c3ccccc3)n2)CC(C)N1c1ccnc(CN=O)n1. The molecule has 1 aliphatic heterocycles. The largest absolute Gasteiger partial charge is 0.348 e. The molecular formula is C20H22N8O. The lowest BCUT2D eigenvalue weighted by molar-refractivity contribution is 0.464. The number of rotatable bonds is 5. The highest BCUT2D eigenvalue weighted by Gasteiger charge is 2.32. The van der Waals surface area contributed by atoms with Crippen molar-refractivity contribution < 1.29 is 0 Å². The first-order chi connectivity index (χ1) is 14.2. The molecule has 1 saturated heterocycles. The second-order valence-electron chi connectivity index (χ2n) is 7.10. The number of nitrogens with zero attached hydrogens (tertiary/aromatic N) is 8. The van der Waals surface area contributed by atoms with Crippen molar-refractivity contribution >= 4 is 11.8 Å². The summed E-state index contributed by atoms with van der Waals surface area (Å²) < 4.78 is 0. The van der Waals surface area contributed by atoms with Crippen LogP contribution in [0.1, 0.15) is 19.7 Å². The van der Waals surface area contributed by atoms with E-state index >= 15 is 0 Å². The van der Waals surface area contributed by atoms with E-state index in [4.69, 9.17) is 0 Å². The van der Waals surface area contributed by atoms with Crippen molar-refractivity contribution in [2.45, 2.75) is 32.5 Å². The van der Waals surface area contributed by atoms with E-state index in [2.05, 4.69) is 53.7 Å². The molecule has 1 aromatic carbocycles. The Bertz CT molecular complexity index is 971. The predicted molar refractivity (Wildman–Crippen MR) is 110 cm³/mol. The normalized spacial score (nSPS) is 19.2. The van der Waals surface area contributed by atoms with E-state index in [1.165, 1.54) is 0 Å². The topological polar surface area (TPSA) is 100 Å². The highest BCUT2D eigenvalue weighted by Crippen LogP contribution is 2.25. The lowest BCUT2D eigenvalue weighted by Gasteiger charge is -2.45. The molecule has 9 heteroatoms. The molecular weight excluding hydrogens is 368 g/mol. The van der Waals surface area contributed by atoms with Crippen molar-refractivity contribution in [2.24, 2.45) is 5.18 Å². The van der Waals surface area contributed by atoms with Gasteiger partial charge in [0.25, 0.3) is 0 Å². The molecule has 3 aromatic rings. The van der Waals surface area contributed by atoms with Crippen LogP contribution in [-0.2, 0) is 6.54 Å². The summed E-state index contributed by atoms with van der Waals surface area (Å²) in [6, 6.07) is 12.1. The van der Waals surface area contributed by atoms with Gasteiger partial charge in [0.15, 0.2) is 11.6 Å². The highest BCUT2D eigenvalue weighted by atomic mass is 16.3. The van der Waals surface area contributed by atoms with E-state index in [1.807, 2.05) is 36.4 Å². The van der Waals surface area contributed by atoms with Crippen molar-refractivity contribution in [2.75, 3.05) is 22.9 Å². The Hall–Kier alpha value is -3.49. The predicted octanol–water partition coefficient (Wildman–Crippen LogP) is 2.70. The summed E-state index contributed by atoms with van der Waals surface area (Å²) in [5.74, 6) is 2.58. The molecule has 148 valence electrons. The number of hydrogen-bond donors (Lipinski definition) is 0. The Labute approximate surface area is 168 Å². The quantitative estimate of drug-likeness (QED) is 0.613. The Morgan fingerprint density at radius 1 is 1.00 bits per heavy atom. The third kappa shape index (κ3) is 4.03. The van der Waals surface area contributed by atoms with Crippen molar-refractivity contribution in [1.29, 1.82) is 0 Å². The molecule has 9 nitrogen and oxygen atoms in total. The Morgan fingerprint density at radius 2 is 1.76 bits per heavy atom. The monoisotopic (exact) mass is 390 g/mol. The molecule has 2 unspecified atom stereocenters. The molecule has 2 aromatic heterocycles. The van der Waals surface area contributed by atoms with Crippen LogP contribution in [0.2, 0.25) is 0 Å². The molecule has 0 bridgehead atoms. The molecule has 0 saturated carbocycles. The van der Waals surface area contributed by atoms with Gasteiger partial charge in [-0.2, -0.15) is 9.89 Å². The first-order valence-electron chi connectivity index (χ1n) is 9.54. The molecule has 2 atom stereocenters. The van der Waals surface area contributed by atoms with Gasteiger partial charge in [0, 0.05) is 36.9 Å². The minimum atomic E-state index is -0.0241. The maximum absolute atomic E-state index is 10.6. The number of benzene rings is 1. The molecule has 4 rings (SSSR count). The van der Waals surface area contributed by atoms with Gasteiger partial charge in [0.2, 0.25) is 5.95 Å². The van der Waals surface area contributed by atoms with E-state index in [0.29, 0.717) is 17.6 Å². The van der Waals surface area contributed by atoms with Crippen LogP contribution in [0, 0.1) is 4.91 Å². The van der Waals surface area contributed by atoms with Gasteiger partial charge in [-0.25, -0.2) is 19.9 Å². The molecule has 0 N–H and O–H groups in total. The summed E-state index contributed by atoms with van der Waals surface area (Å²) in [7, 11) is 0. The first kappa shape index (κ1) is 18.9. The standard InChI is InChI=1S/C20H22N8O/c1-14-11-27(20-23-13-22-19(26-20)16-6-4-3-5-7-16)12-15(2)28(14)18-8-9-21-17(25-18)10-24-29/h3-9,13-15H,10-12H2,1-2H3. The first-order valence-corrected chi connectivity index (χ1v) is 9.54. The molecule has 3 heterocycles. The second-order valence-corrected chi connectivity index (χ2v) is 7.10. The van der Waals surface area contributed by atoms with Crippen LogP contribution in [0.5, 0.6) is 0 Å². The van der Waals surface area contributed by atoms with Crippen molar-refractivity contribution in [1.82, 2.24) is 24.9 Å². The average molecular weight is 390 g/mol. The van der Waals surface area contributed by atoms with Crippen LogP contribution in [-0.4, -0.2) is 50.1 Å². The maximum atomic E-state index is 10.6. The van der Waals surface area contributed by atoms with Gasteiger partial charge < -0.3 is 9.80 Å². The molecule has 29 heavy (non-hydrogen) atoms. The van der Waals surface area contributed by atoms with E-state index < -0.39 is 0 Å². The van der Waals surface area contributed by atoms with Crippen LogP contribution >= 0.6 is 0 Å². The summed E-state index contributed by atoms with van der Waals surface area (Å²) >= 11 is 0. The van der Waals surface area contributed by atoms with Crippen LogP contribution in [0.25, 0.3) is 11.4 Å². The number of piperazine rings is 1. The maximum Gasteiger partial charge on any atom is 0.229 e. The van der Waals surface area contributed by atoms with E-state index in [-0.39, 0.29) is 18.6 Å². The number of aromatic nitrogens is 5. The van der Waals surface area contributed by atoms with Crippen molar-refractivity contribution in [3.05, 3.63) is 59.7 Å². The smallest absolute Gasteiger partial charge is 0.229 e. The van der Waals surface area contributed by atoms with E-state index in [1.54, 1.807) is 12.5 Å². The molecule has 1 fully saturated rings. The van der Waals surface area contributed by atoms with Crippen molar-refractivity contribution in [3.63, 3.8) is 0 Å². The number of nitroso groups, excluding NO2 is 1. The number of anilines is 2. The van der Waals surface area contributed by atoms with Gasteiger partial charge in [0.1, 0.15) is 18.7 Å². The lowest BCUT2D eigenvalue weighted by Crippen LogP contribution is -2.57. The minimum absolute atomic E-state index is 0.0241. The summed E-state index contributed by atoms with van der Waals surface area (Å²) in [5, 5.41) is 2.89. The second kappa shape index (κ2) is 8.26. The average Bonchev–Trinajstić information content (AvgIpc) is 2.74. The molecule has 0 radical (unpaired) electrons. The Morgan fingerprint density at radius 3 is 2.48 bits per heavy atom. The summed E-state index contributed by atoms with van der Waals surface area (Å²) in [6.07, 6.45) is 3.24. The molecule has 0 aliphatic carbocycles. The van der Waals surface area contributed by atoms with Gasteiger partial charge in [-0.05, 0) is 19.9 Å². The van der Waals surface area contributed by atoms with Crippen LogP contribution in [0.4, 0.5) is 11.8 Å². The van der Waals surface area contributed by atoms with E-state index in [9.17, 15) is 4.91 Å². The summed E-state index contributed by atoms with van der Waals surface area (Å²) in [4.78, 5) is 37.0. The molecule has 1 aliphatic rings. The minimum Gasteiger partial charge on any atom is -0.348 e. The zero-order valence-electron chi connectivity index (χ0n) is 16.4. The number of hydrogen-bond acceptors (Lipinski definition) is 9. The van der Waals surface area contributed by atoms with Crippen LogP contribution < -0.4 is 9.80 Å². The lowest BCUT2D eigenvalue weighted by atomic mass is 10.1. The van der Waals surface area contributed by atoms with Gasteiger partial charge in [0.05, 0.1) is 0 Å². The van der Waals surface area contributed by atoms with Gasteiger partial charge in [-0.15, -0.1) is 0 Å². The summed E-state index contributed by atoms with van der Waals surface area (Å²) in [6.45, 7) is 5.74. The Balaban J connectivity index is 1.55. The highest BCUT2D eigenvalue weighted by molar-refractivity contribution is 5.56. The van der Waals surface area contributed by atoms with Crippen molar-refractivity contribution in [3.8, 4) is 11.4 Å². The third-order valence-corrected chi connectivity index (χ3v) is 4.95. The zero-order valence-corrected chi connectivity index (χ0v) is 16.4. The van der Waals surface area contributed by atoms with Crippen LogP contribution in [0.15, 0.2) is 54.1 Å². The third-order valence-electron chi connectivity index (χ3n) is 4.95. The van der Waals surface area contributed by atoms with Gasteiger partial charge in [-0.3, -0.25) is 0 Å². The van der Waals surface area contributed by atoms with Gasteiger partial charge in [-0.1, -0.05) is 35.5 Å². The summed E-state index contributed by atoms with van der Waals surface area (Å²) in [5.41, 5.74) is 0.966. The fraction of sp³-hybridized carbons (Fsp3) is 0.350.